The lowest BCUT2D eigenvalue weighted by Crippen LogP contribution is -2.20. The second kappa shape index (κ2) is 8.27. The van der Waals surface area contributed by atoms with Crippen LogP contribution >= 0.6 is 34.8 Å². The first-order valence-electron chi connectivity index (χ1n) is 6.87. The van der Waals surface area contributed by atoms with E-state index in [9.17, 15) is 13.5 Å². The van der Waals surface area contributed by atoms with Gasteiger partial charge in [-0.1, -0.05) is 23.2 Å². The Balaban J connectivity index is 2.11. The van der Waals surface area contributed by atoms with Crippen LogP contribution in [0.15, 0.2) is 47.4 Å². The highest BCUT2D eigenvalue weighted by Gasteiger charge is 2.15. The van der Waals surface area contributed by atoms with Crippen molar-refractivity contribution in [3.05, 3.63) is 52.5 Å². The summed E-state index contributed by atoms with van der Waals surface area (Å²) in [6, 6.07) is 10.5. The van der Waals surface area contributed by atoms with Crippen molar-refractivity contribution in [1.29, 1.82) is 0 Å². The van der Waals surface area contributed by atoms with Crippen LogP contribution in [0, 0.1) is 0 Å². The van der Waals surface area contributed by atoms with Gasteiger partial charge >= 0.3 is 0 Å². The van der Waals surface area contributed by atoms with Crippen LogP contribution < -0.4 is 10.0 Å². The maximum Gasteiger partial charge on any atom is 0.261 e. The fraction of sp³-hybridized carbons (Fsp3) is 0.200. The normalized spacial score (nSPS) is 12.7. The largest absolute Gasteiger partial charge is 0.390 e. The van der Waals surface area contributed by atoms with Crippen molar-refractivity contribution in [2.45, 2.75) is 11.0 Å². The fourth-order valence-corrected chi connectivity index (χ4v) is 3.54. The molecule has 24 heavy (non-hydrogen) atoms. The number of nitrogens with one attached hydrogen (secondary N) is 2. The third-order valence-electron chi connectivity index (χ3n) is 3.00. The fourth-order valence-electron chi connectivity index (χ4n) is 1.87. The number of benzene rings is 2. The van der Waals surface area contributed by atoms with E-state index < -0.39 is 16.1 Å². The first kappa shape index (κ1) is 19.1. The molecule has 0 amide bonds. The Bertz CT molecular complexity index is 778. The van der Waals surface area contributed by atoms with Gasteiger partial charge in [0.2, 0.25) is 0 Å². The first-order valence-corrected chi connectivity index (χ1v) is 9.64. The Labute approximate surface area is 155 Å². The van der Waals surface area contributed by atoms with E-state index in [1.807, 2.05) is 0 Å². The molecule has 0 aliphatic carbocycles. The van der Waals surface area contributed by atoms with Crippen LogP contribution in [0.25, 0.3) is 0 Å². The Morgan fingerprint density at radius 1 is 1.00 bits per heavy atom. The zero-order valence-corrected chi connectivity index (χ0v) is 15.4. The second-order valence-electron chi connectivity index (χ2n) is 4.98. The molecule has 0 fully saturated rings. The lowest BCUT2D eigenvalue weighted by Gasteiger charge is -2.12. The topological polar surface area (TPSA) is 78.4 Å². The van der Waals surface area contributed by atoms with Crippen LogP contribution in [-0.2, 0) is 10.0 Å². The highest BCUT2D eigenvalue weighted by Crippen LogP contribution is 2.25. The maximum absolute atomic E-state index is 12.4. The molecule has 1 atom stereocenters. The number of aliphatic hydroxyl groups is 1. The Morgan fingerprint density at radius 3 is 2.12 bits per heavy atom. The summed E-state index contributed by atoms with van der Waals surface area (Å²) >= 11 is 17.2. The molecular formula is C15H15Cl3N2O3S. The van der Waals surface area contributed by atoms with E-state index in [-0.39, 0.29) is 23.0 Å². The van der Waals surface area contributed by atoms with Crippen molar-refractivity contribution >= 4 is 56.2 Å². The standard InChI is InChI=1S/C15H15Cl3N2O3S/c16-8-14(21)9-19-12-1-3-15(4-2-12)24(22,23)20-13-6-10(17)5-11(18)7-13/h1-7,14,19-21H,8-9H2. The minimum absolute atomic E-state index is 0.0852. The minimum Gasteiger partial charge on any atom is -0.390 e. The predicted octanol–water partition coefficient (Wildman–Crippen LogP) is 3.81. The van der Waals surface area contributed by atoms with Gasteiger partial charge in [0.1, 0.15) is 0 Å². The Kier molecular flexibility index (Phi) is 6.60. The molecule has 0 saturated heterocycles. The molecule has 0 saturated carbocycles. The third-order valence-corrected chi connectivity index (χ3v) is 5.19. The zero-order valence-electron chi connectivity index (χ0n) is 12.3. The molecule has 2 rings (SSSR count). The molecule has 0 heterocycles. The summed E-state index contributed by atoms with van der Waals surface area (Å²) < 4.78 is 27.2. The van der Waals surface area contributed by atoms with Crippen LogP contribution in [0.2, 0.25) is 10.0 Å². The van der Waals surface area contributed by atoms with Crippen molar-refractivity contribution < 1.29 is 13.5 Å². The van der Waals surface area contributed by atoms with E-state index >= 15 is 0 Å². The SMILES string of the molecule is O=S(=O)(Nc1cc(Cl)cc(Cl)c1)c1ccc(NCC(O)CCl)cc1. The number of alkyl halides is 1. The second-order valence-corrected chi connectivity index (χ2v) is 7.84. The molecule has 2 aromatic carbocycles. The number of sulfonamides is 1. The van der Waals surface area contributed by atoms with E-state index in [2.05, 4.69) is 10.0 Å². The molecule has 0 aromatic heterocycles. The van der Waals surface area contributed by atoms with Crippen LogP contribution in [-0.4, -0.2) is 32.1 Å². The lowest BCUT2D eigenvalue weighted by molar-refractivity contribution is 0.211. The quantitative estimate of drug-likeness (QED) is 0.608. The van der Waals surface area contributed by atoms with E-state index in [1.54, 1.807) is 12.1 Å². The van der Waals surface area contributed by atoms with E-state index in [4.69, 9.17) is 34.8 Å². The van der Waals surface area contributed by atoms with Crippen LogP contribution in [0.5, 0.6) is 0 Å². The first-order chi connectivity index (χ1) is 11.3. The van der Waals surface area contributed by atoms with Crippen molar-refractivity contribution in [2.75, 3.05) is 22.5 Å². The number of aliphatic hydroxyl groups excluding tert-OH is 1. The summed E-state index contributed by atoms with van der Waals surface area (Å²) in [5.74, 6) is 0.117. The molecule has 2 aromatic rings. The Hall–Kier alpha value is -1.18. The van der Waals surface area contributed by atoms with Gasteiger partial charge in [0.15, 0.2) is 0 Å². The summed E-state index contributed by atoms with van der Waals surface area (Å²) in [6.07, 6.45) is -0.677. The summed E-state index contributed by atoms with van der Waals surface area (Å²) in [4.78, 5) is 0.0852. The minimum atomic E-state index is -3.77. The number of hydrogen-bond acceptors (Lipinski definition) is 4. The zero-order chi connectivity index (χ0) is 17.7. The van der Waals surface area contributed by atoms with Crippen molar-refractivity contribution in [3.63, 3.8) is 0 Å². The lowest BCUT2D eigenvalue weighted by atomic mass is 10.3. The van der Waals surface area contributed by atoms with Crippen LogP contribution in [0.1, 0.15) is 0 Å². The van der Waals surface area contributed by atoms with E-state index in [0.29, 0.717) is 15.7 Å². The molecular weight excluding hydrogens is 395 g/mol. The van der Waals surface area contributed by atoms with Crippen molar-refractivity contribution in [1.82, 2.24) is 0 Å². The molecule has 0 radical (unpaired) electrons. The molecule has 0 aliphatic rings. The van der Waals surface area contributed by atoms with Gasteiger partial charge in [-0.05, 0) is 42.5 Å². The highest BCUT2D eigenvalue weighted by molar-refractivity contribution is 7.92. The average molecular weight is 410 g/mol. The predicted molar refractivity (Wildman–Crippen MR) is 98.9 cm³/mol. The molecule has 1 unspecified atom stereocenters. The molecule has 3 N–H and O–H groups in total. The average Bonchev–Trinajstić information content (AvgIpc) is 2.51. The smallest absolute Gasteiger partial charge is 0.261 e. The van der Waals surface area contributed by atoms with Gasteiger partial charge in [0.05, 0.1) is 22.6 Å². The summed E-state index contributed by atoms with van der Waals surface area (Å²) in [5.41, 5.74) is 0.948. The molecule has 130 valence electrons. The molecule has 5 nitrogen and oxygen atoms in total. The van der Waals surface area contributed by atoms with Crippen LogP contribution in [0.4, 0.5) is 11.4 Å². The van der Waals surface area contributed by atoms with Crippen molar-refractivity contribution in [3.8, 4) is 0 Å². The van der Waals surface area contributed by atoms with Gasteiger partial charge in [-0.25, -0.2) is 8.42 Å². The third kappa shape index (κ3) is 5.43. The number of rotatable bonds is 7. The van der Waals surface area contributed by atoms with Gasteiger partial charge < -0.3 is 10.4 Å². The summed E-state index contributed by atoms with van der Waals surface area (Å²) in [7, 11) is -3.77. The highest BCUT2D eigenvalue weighted by atomic mass is 35.5. The van der Waals surface area contributed by atoms with Gasteiger partial charge in [-0.2, -0.15) is 0 Å². The van der Waals surface area contributed by atoms with Gasteiger partial charge in [0.25, 0.3) is 10.0 Å². The monoisotopic (exact) mass is 408 g/mol. The maximum atomic E-state index is 12.4. The van der Waals surface area contributed by atoms with Crippen molar-refractivity contribution in [2.24, 2.45) is 0 Å². The number of anilines is 2. The van der Waals surface area contributed by atoms with Gasteiger partial charge in [-0.3, -0.25) is 4.72 Å². The number of hydrogen-bond donors (Lipinski definition) is 3. The molecule has 9 heteroatoms. The Morgan fingerprint density at radius 2 is 1.58 bits per heavy atom. The number of halogens is 3. The van der Waals surface area contributed by atoms with E-state index in [0.717, 1.165) is 0 Å². The van der Waals surface area contributed by atoms with Crippen LogP contribution in [0.3, 0.4) is 0 Å². The van der Waals surface area contributed by atoms with E-state index in [1.165, 1.54) is 30.3 Å². The molecule has 0 spiro atoms. The molecule has 0 bridgehead atoms. The van der Waals surface area contributed by atoms with Gasteiger partial charge in [0, 0.05) is 22.3 Å². The summed E-state index contributed by atoms with van der Waals surface area (Å²) in [5, 5.41) is 13.0. The summed E-state index contributed by atoms with van der Waals surface area (Å²) in [6.45, 7) is 0.273. The van der Waals surface area contributed by atoms with Gasteiger partial charge in [-0.15, -0.1) is 11.6 Å². The molecule has 0 aliphatic heterocycles.